The minimum Gasteiger partial charge on any atom is -0.504 e. The lowest BCUT2D eigenvalue weighted by Gasteiger charge is -2.62. The zero-order valence-electron chi connectivity index (χ0n) is 27.3. The van der Waals surface area contributed by atoms with E-state index in [0.29, 0.717) is 12.8 Å². The van der Waals surface area contributed by atoms with Crippen LogP contribution in [0.25, 0.3) is 0 Å². The normalized spacial score (nSPS) is 28.2. The smallest absolute Gasteiger partial charge is 0.181 e. The lowest BCUT2D eigenvalue weighted by atomic mass is 9.36. The van der Waals surface area contributed by atoms with Crippen LogP contribution in [0.3, 0.4) is 0 Å². The Bertz CT molecular complexity index is 1440. The minimum absolute atomic E-state index is 0.0590. The van der Waals surface area contributed by atoms with Gasteiger partial charge in [-0.2, -0.15) is 0 Å². The summed E-state index contributed by atoms with van der Waals surface area (Å²) in [6.07, 6.45) is 9.45. The molecule has 0 amide bonds. The van der Waals surface area contributed by atoms with Crippen molar-refractivity contribution in [3.8, 4) is 11.5 Å². The van der Waals surface area contributed by atoms with Crippen molar-refractivity contribution in [2.75, 3.05) is 0 Å². The van der Waals surface area contributed by atoms with E-state index in [1.165, 1.54) is 12.1 Å². The number of aromatic hydroxyl groups is 2. The van der Waals surface area contributed by atoms with E-state index in [2.05, 4.69) is 12.2 Å². The van der Waals surface area contributed by atoms with Crippen LogP contribution in [0.2, 0.25) is 0 Å². The number of phenolic OH excluding ortho intramolecular Hbond substituents is 2. The Hall–Kier alpha value is -3.54. The second-order valence-electron chi connectivity index (χ2n) is 13.8. The summed E-state index contributed by atoms with van der Waals surface area (Å²) in [6, 6.07) is 3.55. The topological polar surface area (TPSA) is 109 Å². The fourth-order valence-corrected chi connectivity index (χ4v) is 7.00. The van der Waals surface area contributed by atoms with Gasteiger partial charge in [0.1, 0.15) is 5.92 Å². The predicted octanol–water partition coefficient (Wildman–Crippen LogP) is 8.04. The van der Waals surface area contributed by atoms with E-state index in [9.17, 15) is 19.8 Å². The van der Waals surface area contributed by atoms with Crippen molar-refractivity contribution < 1.29 is 29.4 Å². The van der Waals surface area contributed by atoms with Crippen LogP contribution in [0.4, 0.5) is 0 Å². The molecule has 2 fully saturated rings. The van der Waals surface area contributed by atoms with E-state index in [1.54, 1.807) is 0 Å². The first-order valence-electron chi connectivity index (χ1n) is 15.2. The van der Waals surface area contributed by atoms with E-state index in [4.69, 9.17) is 0 Å². The quantitative estimate of drug-likeness (QED) is 0.124. The summed E-state index contributed by atoms with van der Waals surface area (Å²) in [4.78, 5) is 59.0. The SMILES string of the molecule is CC(C)=CC[C@H]1C[C@@]2(CC=C(C)C)C(=O)C(C(=O)c3ccc(O)c(O)c3)C(=O)[C@](CC=C(C)C)(C2=O)[C@]1(C)CC=C(C)C. The standard InChI is InChI=1S/C37H48O6/c1-22(2)10-12-27-21-36(18-15-24(5)6)32(41)30(31(40)26-11-13-28(38)29(39)20-26)33(42)37(34(36)43,19-16-25(7)8)35(27,9)17-14-23(3)4/h10-11,13-16,20,27,30,38-39H,12,17-19,21H2,1-9H3/t27-,30?,35+,36-,37+/m0/s1. The van der Waals surface area contributed by atoms with Crippen LogP contribution in [-0.2, 0) is 14.4 Å². The van der Waals surface area contributed by atoms with Crippen LogP contribution in [-0.4, -0.2) is 33.3 Å². The van der Waals surface area contributed by atoms with E-state index >= 15 is 9.59 Å². The molecule has 6 nitrogen and oxygen atoms in total. The number of Topliss-reactive ketones (excluding diaryl/α,β-unsaturated/α-hetero) is 4. The Morgan fingerprint density at radius 2 is 1.30 bits per heavy atom. The summed E-state index contributed by atoms with van der Waals surface area (Å²) in [5, 5.41) is 20.0. The zero-order valence-corrected chi connectivity index (χ0v) is 27.3. The molecular weight excluding hydrogens is 540 g/mol. The number of hydrogen-bond donors (Lipinski definition) is 2. The van der Waals surface area contributed by atoms with Gasteiger partial charge in [-0.1, -0.05) is 53.5 Å². The maximum Gasteiger partial charge on any atom is 0.181 e. The van der Waals surface area contributed by atoms with Gasteiger partial charge in [0.2, 0.25) is 0 Å². The summed E-state index contributed by atoms with van der Waals surface area (Å²) in [7, 11) is 0. The van der Waals surface area contributed by atoms with Crippen molar-refractivity contribution in [3.05, 3.63) is 70.4 Å². The number of ketones is 4. The first kappa shape index (κ1) is 34.0. The van der Waals surface area contributed by atoms with E-state index in [-0.39, 0.29) is 36.5 Å². The summed E-state index contributed by atoms with van der Waals surface area (Å²) in [6.45, 7) is 17.6. The molecular formula is C37H48O6. The van der Waals surface area contributed by atoms with Gasteiger partial charge in [0.05, 0.1) is 10.8 Å². The molecule has 43 heavy (non-hydrogen) atoms. The first-order valence-corrected chi connectivity index (χ1v) is 15.2. The monoisotopic (exact) mass is 588 g/mol. The van der Waals surface area contributed by atoms with Crippen LogP contribution in [0, 0.1) is 28.1 Å². The molecule has 0 spiro atoms. The molecule has 3 rings (SSSR count). The number of hydrogen-bond acceptors (Lipinski definition) is 6. The number of fused-ring (bicyclic) bond motifs is 2. The van der Waals surface area contributed by atoms with Gasteiger partial charge >= 0.3 is 0 Å². The number of carbonyl (C=O) groups excluding carboxylic acids is 4. The van der Waals surface area contributed by atoms with Gasteiger partial charge < -0.3 is 10.2 Å². The highest BCUT2D eigenvalue weighted by Crippen LogP contribution is 2.67. The van der Waals surface area contributed by atoms with E-state index < -0.39 is 51.0 Å². The van der Waals surface area contributed by atoms with Crippen LogP contribution in [0.15, 0.2) is 64.8 Å². The number of allylic oxidation sites excluding steroid dienone is 8. The van der Waals surface area contributed by atoms with Crippen LogP contribution in [0.1, 0.15) is 105 Å². The molecule has 1 unspecified atom stereocenters. The van der Waals surface area contributed by atoms with E-state index in [1.807, 2.05) is 74.5 Å². The van der Waals surface area contributed by atoms with E-state index in [0.717, 1.165) is 28.4 Å². The number of benzene rings is 1. The minimum atomic E-state index is -1.70. The van der Waals surface area contributed by atoms with Crippen molar-refractivity contribution in [1.29, 1.82) is 0 Å². The highest BCUT2D eigenvalue weighted by Gasteiger charge is 2.75. The second-order valence-corrected chi connectivity index (χ2v) is 13.8. The van der Waals surface area contributed by atoms with Gasteiger partial charge in [0.25, 0.3) is 0 Å². The second kappa shape index (κ2) is 12.6. The molecule has 0 radical (unpaired) electrons. The van der Waals surface area contributed by atoms with Gasteiger partial charge in [-0.15, -0.1) is 0 Å². The molecule has 232 valence electrons. The molecule has 5 atom stereocenters. The third kappa shape index (κ3) is 5.98. The molecule has 1 aromatic rings. The van der Waals surface area contributed by atoms with Crippen LogP contribution < -0.4 is 0 Å². The van der Waals surface area contributed by atoms with Gasteiger partial charge in [0, 0.05) is 5.56 Å². The Labute approximate surface area is 256 Å². The Morgan fingerprint density at radius 3 is 1.84 bits per heavy atom. The molecule has 0 aromatic heterocycles. The molecule has 0 heterocycles. The van der Waals surface area contributed by atoms with Gasteiger partial charge in [0.15, 0.2) is 34.6 Å². The molecule has 2 bridgehead atoms. The molecule has 6 heteroatoms. The molecule has 0 saturated heterocycles. The summed E-state index contributed by atoms with van der Waals surface area (Å²) >= 11 is 0. The largest absolute Gasteiger partial charge is 0.504 e. The van der Waals surface area contributed by atoms with Crippen LogP contribution in [0.5, 0.6) is 11.5 Å². The summed E-state index contributed by atoms with van der Waals surface area (Å²) in [5.74, 6) is -5.27. The van der Waals surface area contributed by atoms with Crippen LogP contribution >= 0.6 is 0 Å². The maximum atomic E-state index is 15.1. The average Bonchev–Trinajstić information content (AvgIpc) is 2.91. The third-order valence-electron chi connectivity index (χ3n) is 9.65. The van der Waals surface area contributed by atoms with Gasteiger partial charge in [-0.05, 0) is 117 Å². The number of phenols is 2. The predicted molar refractivity (Wildman–Crippen MR) is 170 cm³/mol. The highest BCUT2D eigenvalue weighted by atomic mass is 16.3. The van der Waals surface area contributed by atoms with Gasteiger partial charge in [-0.3, -0.25) is 19.2 Å². The molecule has 2 N–H and O–H groups in total. The fraction of sp³-hybridized carbons (Fsp3) is 0.514. The van der Waals surface area contributed by atoms with Crippen molar-refractivity contribution in [2.24, 2.45) is 28.1 Å². The van der Waals surface area contributed by atoms with Crippen molar-refractivity contribution in [1.82, 2.24) is 0 Å². The Morgan fingerprint density at radius 1 is 0.767 bits per heavy atom. The molecule has 2 saturated carbocycles. The first-order chi connectivity index (χ1) is 19.9. The lowest BCUT2D eigenvalue weighted by Crippen LogP contribution is -2.72. The summed E-state index contributed by atoms with van der Waals surface area (Å²) in [5.41, 5.74) is -0.0866. The Kier molecular flexibility index (Phi) is 9.95. The zero-order chi connectivity index (χ0) is 32.5. The molecule has 2 aliphatic carbocycles. The molecule has 2 aliphatic rings. The summed E-state index contributed by atoms with van der Waals surface area (Å²) < 4.78 is 0. The van der Waals surface area contributed by atoms with Crippen molar-refractivity contribution in [3.63, 3.8) is 0 Å². The number of rotatable bonds is 10. The number of carbonyl (C=O) groups is 4. The van der Waals surface area contributed by atoms with Crippen molar-refractivity contribution >= 4 is 23.1 Å². The van der Waals surface area contributed by atoms with Gasteiger partial charge in [-0.25, -0.2) is 0 Å². The maximum absolute atomic E-state index is 15.1. The third-order valence-corrected chi connectivity index (χ3v) is 9.65. The Balaban J connectivity index is 2.46. The molecule has 0 aliphatic heterocycles. The van der Waals surface area contributed by atoms with Crippen molar-refractivity contribution in [2.45, 2.75) is 94.4 Å². The fourth-order valence-electron chi connectivity index (χ4n) is 7.00. The average molecular weight is 589 g/mol. The lowest BCUT2D eigenvalue weighted by molar-refractivity contribution is -0.184. The molecule has 1 aromatic carbocycles. The highest BCUT2D eigenvalue weighted by molar-refractivity contribution is 6.38.